The maximum absolute atomic E-state index is 12.8. The van der Waals surface area contributed by atoms with Crippen molar-refractivity contribution in [2.75, 3.05) is 31.5 Å². The fourth-order valence-corrected chi connectivity index (χ4v) is 10.6. The molecule has 1 aliphatic carbocycles. The van der Waals surface area contributed by atoms with Gasteiger partial charge in [0, 0.05) is 70.1 Å². The molecular formula is C77H100N10O16. The van der Waals surface area contributed by atoms with Crippen LogP contribution in [0.3, 0.4) is 0 Å². The maximum Gasteiger partial charge on any atom is 0.405 e. The van der Waals surface area contributed by atoms with Gasteiger partial charge in [0.25, 0.3) is 0 Å². The first-order valence-electron chi connectivity index (χ1n) is 33.6. The number of amides is 4. The van der Waals surface area contributed by atoms with Crippen LogP contribution in [-0.4, -0.2) is 126 Å². The topological polar surface area (TPSA) is 381 Å². The molecule has 7 rings (SSSR count). The molecule has 0 bridgehead atoms. The molecule has 4 aliphatic rings. The fourth-order valence-electron chi connectivity index (χ4n) is 10.6. The van der Waals surface area contributed by atoms with E-state index in [1.165, 1.54) is 38.5 Å². The lowest BCUT2D eigenvalue weighted by Gasteiger charge is -2.44. The molecule has 4 fully saturated rings. The molecule has 6 N–H and O–H groups in total. The molecule has 4 amide bonds. The number of ether oxygens (including phenoxy) is 4. The summed E-state index contributed by atoms with van der Waals surface area (Å²) in [7, 11) is 0. The predicted molar refractivity (Wildman–Crippen MR) is 394 cm³/mol. The first-order valence-corrected chi connectivity index (χ1v) is 33.6. The number of esters is 4. The molecule has 3 saturated heterocycles. The van der Waals surface area contributed by atoms with E-state index in [1.807, 2.05) is 36.4 Å². The summed E-state index contributed by atoms with van der Waals surface area (Å²) in [5.74, 6) is 6.97. The Hall–Kier alpha value is -11.1. The number of hydrogen-bond acceptors (Lipinski definition) is 21. The van der Waals surface area contributed by atoms with E-state index in [9.17, 15) is 52.7 Å². The number of unbranched alkanes of at least 4 members (excludes halogenated alkanes) is 3. The molecular weight excluding hydrogens is 1320 g/mol. The van der Waals surface area contributed by atoms with Crippen LogP contribution in [0.15, 0.2) is 160 Å². The smallest absolute Gasteiger partial charge is 0.405 e. The SMILES string of the molecule is C=C1CCC(=O)O1.C=C1CCCC(=O)O1.C=C1CCCCC(=O)O1.C=C=NCC1(C)CC(N=C=O)CC(C)(C)C1.C=C=NCCCCCCN=C=O.C=C=Nc1ccc(Cc2ccc(N=C=O)cc2)cc1.CC(=O)OCc1ccc(NC(=O)C(CCCNC(N)=O)CC(=O)C(C)(C)NC(=O)O)cc1. The van der Waals surface area contributed by atoms with Gasteiger partial charge in [-0.2, -0.15) is 4.99 Å². The number of ketones is 1. The standard InChI is InChI=1S/C21H30N4O7.C16H12N2O.C13H20N2O.C9H14N2O.C7H10O2.C6H8O2.C5H6O2/c1-13(26)32-12-14-6-8-16(9-7-14)24-18(28)15(5-4-10-23-19(22)29)11-17(27)21(2,3)25-20(30)31;1-2-17-15-7-3-13(4-8-15)11-14-5-9-16(10-6-14)18-12-19;1-5-14-9-13(4)7-11(15-10-16)6-12(2,3)8-13;1-2-10-7-5-3-4-6-8-11-9-12;1-6-4-2-3-5-7(8)9-6;1-5-3-2-4-6(7)8-5;1-4-2-3-5(6)7-4/h6-9,15,25H,4-5,10-12H2,1-3H3,(H,24,28)(H,30,31)(H3,22,23,29);3-10H,1,11H2;11H,1,6-9H2,2-4H3;1,3-8H2;1-5H2;1-4H2;1-3H2. The Balaban J connectivity index is 0.000000642. The van der Waals surface area contributed by atoms with Crippen molar-refractivity contribution in [3.63, 3.8) is 0 Å². The van der Waals surface area contributed by atoms with Gasteiger partial charge in [0.2, 0.25) is 24.1 Å². The Bertz CT molecular complexity index is 3480. The number of urea groups is 1. The molecule has 554 valence electrons. The highest BCUT2D eigenvalue weighted by molar-refractivity contribution is 5.98. The van der Waals surface area contributed by atoms with Crippen molar-refractivity contribution in [1.82, 2.24) is 10.6 Å². The van der Waals surface area contributed by atoms with Gasteiger partial charge in [-0.15, -0.1) is 0 Å². The molecule has 3 aliphatic heterocycles. The lowest BCUT2D eigenvalue weighted by Crippen LogP contribution is -2.50. The quantitative estimate of drug-likeness (QED) is 0.0164. The van der Waals surface area contributed by atoms with Crippen LogP contribution in [0.5, 0.6) is 0 Å². The number of carbonyl (C=O) groups is 8. The molecule has 0 radical (unpaired) electrons. The molecule has 3 heterocycles. The molecule has 0 aromatic heterocycles. The number of nitrogens with zero attached hydrogens (tertiary/aromatic N) is 6. The summed E-state index contributed by atoms with van der Waals surface area (Å²) >= 11 is 0. The zero-order chi connectivity index (χ0) is 77.1. The Morgan fingerprint density at radius 3 is 1.65 bits per heavy atom. The van der Waals surface area contributed by atoms with E-state index in [4.69, 9.17) is 20.3 Å². The van der Waals surface area contributed by atoms with Crippen molar-refractivity contribution >= 4 is 101 Å². The number of carboxylic acid groups (broad SMARTS) is 1. The van der Waals surface area contributed by atoms with Crippen LogP contribution in [0, 0.1) is 16.7 Å². The zero-order valence-corrected chi connectivity index (χ0v) is 60.3. The van der Waals surface area contributed by atoms with Gasteiger partial charge in [0.1, 0.15) is 23.9 Å². The largest absolute Gasteiger partial charge is 0.465 e. The highest BCUT2D eigenvalue weighted by Crippen LogP contribution is 2.47. The van der Waals surface area contributed by atoms with Crippen molar-refractivity contribution in [3.05, 3.63) is 146 Å². The van der Waals surface area contributed by atoms with E-state index >= 15 is 0 Å². The van der Waals surface area contributed by atoms with Crippen LogP contribution in [0.4, 0.5) is 26.7 Å². The Morgan fingerprint density at radius 2 is 1.17 bits per heavy atom. The number of rotatable bonds is 26. The predicted octanol–water partition coefficient (Wildman–Crippen LogP) is 13.7. The van der Waals surface area contributed by atoms with E-state index in [1.54, 1.807) is 42.5 Å². The number of nitrogens with two attached hydrogens (primary N) is 1. The van der Waals surface area contributed by atoms with E-state index < -0.39 is 41.2 Å². The summed E-state index contributed by atoms with van der Waals surface area (Å²) in [6, 6.07) is 21.5. The number of cyclic esters (lactones) is 3. The van der Waals surface area contributed by atoms with E-state index in [2.05, 4.69) is 133 Å². The fraction of sp³-hybridized carbons (Fsp3) is 0.468. The third kappa shape index (κ3) is 44.6. The summed E-state index contributed by atoms with van der Waals surface area (Å²) in [5, 5.41) is 16.2. The van der Waals surface area contributed by atoms with Crippen LogP contribution in [-0.2, 0) is 75.1 Å². The van der Waals surface area contributed by atoms with E-state index in [0.29, 0.717) is 73.8 Å². The maximum atomic E-state index is 12.8. The molecule has 3 aromatic rings. The lowest BCUT2D eigenvalue weighted by atomic mass is 9.63. The molecule has 3 unspecified atom stereocenters. The van der Waals surface area contributed by atoms with Crippen molar-refractivity contribution in [2.24, 2.45) is 52.4 Å². The highest BCUT2D eigenvalue weighted by Gasteiger charge is 2.41. The summed E-state index contributed by atoms with van der Waals surface area (Å²) in [4.78, 5) is 142. The summed E-state index contributed by atoms with van der Waals surface area (Å²) in [6.45, 7) is 34.1. The molecule has 26 heteroatoms. The third-order valence-electron chi connectivity index (χ3n) is 15.3. The van der Waals surface area contributed by atoms with Gasteiger partial charge >= 0.3 is 36.0 Å². The normalized spacial score (nSPS) is 16.1. The average molecular weight is 1420 g/mol. The second-order valence-electron chi connectivity index (χ2n) is 25.7. The zero-order valence-electron chi connectivity index (χ0n) is 60.3. The van der Waals surface area contributed by atoms with Crippen LogP contribution in [0.1, 0.15) is 180 Å². The minimum absolute atomic E-state index is 0.0891. The molecule has 26 nitrogen and oxygen atoms in total. The monoisotopic (exact) mass is 1420 g/mol. The van der Waals surface area contributed by atoms with Gasteiger partial charge in [-0.3, -0.25) is 28.8 Å². The Labute approximate surface area is 603 Å². The lowest BCUT2D eigenvalue weighted by molar-refractivity contribution is -0.143. The number of nitrogens with one attached hydrogen (secondary N) is 3. The van der Waals surface area contributed by atoms with Crippen LogP contribution < -0.4 is 21.7 Å². The minimum Gasteiger partial charge on any atom is -0.465 e. The number of primary amides is 1. The first kappa shape index (κ1) is 89.9. The van der Waals surface area contributed by atoms with Gasteiger partial charge < -0.3 is 45.7 Å². The molecule has 3 aromatic carbocycles. The molecule has 103 heavy (non-hydrogen) atoms. The van der Waals surface area contributed by atoms with Gasteiger partial charge in [-0.25, -0.2) is 48.9 Å². The van der Waals surface area contributed by atoms with E-state index in [-0.39, 0.29) is 60.8 Å². The average Bonchev–Trinajstić information content (AvgIpc) is 1.44. The molecule has 0 spiro atoms. The van der Waals surface area contributed by atoms with Crippen molar-refractivity contribution < 1.29 is 76.8 Å². The van der Waals surface area contributed by atoms with Gasteiger partial charge in [-0.05, 0) is 186 Å². The second kappa shape index (κ2) is 51.1. The van der Waals surface area contributed by atoms with Gasteiger partial charge in [-0.1, -0.05) is 89.7 Å². The number of anilines is 1. The number of isocyanates is 3. The number of carbonyl (C=O) groups excluding carboxylic acids is 10. The van der Waals surface area contributed by atoms with E-state index in [0.717, 1.165) is 107 Å². The summed E-state index contributed by atoms with van der Waals surface area (Å²) in [5.41, 5.74) is 8.99. The molecule has 1 saturated carbocycles. The number of Topliss-reactive ketones (excluding diaryl/α,β-unsaturated/α-hetero) is 1. The minimum atomic E-state index is -1.37. The number of benzene rings is 3. The van der Waals surface area contributed by atoms with Crippen LogP contribution in [0.2, 0.25) is 0 Å². The van der Waals surface area contributed by atoms with Gasteiger partial charge in [0.15, 0.2) is 5.78 Å². The number of allylic oxidation sites excluding steroid dienone is 3. The Kier molecular flexibility index (Phi) is 44.6. The van der Waals surface area contributed by atoms with Gasteiger partial charge in [0.05, 0.1) is 42.5 Å². The van der Waals surface area contributed by atoms with Crippen molar-refractivity contribution in [2.45, 2.75) is 188 Å². The van der Waals surface area contributed by atoms with Crippen molar-refractivity contribution in [1.29, 1.82) is 0 Å². The van der Waals surface area contributed by atoms with Crippen LogP contribution in [0.25, 0.3) is 0 Å². The number of hydrogen-bond donors (Lipinski definition) is 5. The van der Waals surface area contributed by atoms with Crippen molar-refractivity contribution in [3.8, 4) is 0 Å². The summed E-state index contributed by atoms with van der Waals surface area (Å²) < 4.78 is 18.9. The number of aliphatic imine (C=N–C) groups is 6. The van der Waals surface area contributed by atoms with Crippen LogP contribution >= 0.6 is 0 Å². The Morgan fingerprint density at radius 1 is 0.650 bits per heavy atom. The first-order chi connectivity index (χ1) is 48.9. The highest BCUT2D eigenvalue weighted by atomic mass is 16.5. The third-order valence-corrected chi connectivity index (χ3v) is 15.3. The molecule has 3 atom stereocenters. The summed E-state index contributed by atoms with van der Waals surface area (Å²) in [6.07, 6.45) is 18.7. The second-order valence-corrected chi connectivity index (χ2v) is 25.7.